The fourth-order valence-corrected chi connectivity index (χ4v) is 3.93. The lowest BCUT2D eigenvalue weighted by atomic mass is 9.98. The Hall–Kier alpha value is -2.57. The number of rotatable bonds is 10. The van der Waals surface area contributed by atoms with Gasteiger partial charge < -0.3 is 20.3 Å². The van der Waals surface area contributed by atoms with Crippen LogP contribution < -0.4 is 10.6 Å². The first-order valence-electron chi connectivity index (χ1n) is 12.5. The van der Waals surface area contributed by atoms with E-state index in [-0.39, 0.29) is 29.8 Å². The summed E-state index contributed by atoms with van der Waals surface area (Å²) in [6, 6.07) is 6.25. The molecule has 2 N–H and O–H groups in total. The molecule has 1 aromatic carbocycles. The second kappa shape index (κ2) is 11.7. The molecule has 3 amide bonds. The summed E-state index contributed by atoms with van der Waals surface area (Å²) in [6.07, 6.45) is 2.40. The number of amides is 3. The zero-order valence-corrected chi connectivity index (χ0v) is 22.1. The summed E-state index contributed by atoms with van der Waals surface area (Å²) < 4.78 is 5.43. The summed E-state index contributed by atoms with van der Waals surface area (Å²) in [4.78, 5) is 41.7. The number of nitrogens with zero attached hydrogens (tertiary/aromatic N) is 1. The molecule has 34 heavy (non-hydrogen) atoms. The van der Waals surface area contributed by atoms with E-state index in [2.05, 4.69) is 17.6 Å². The maximum atomic E-state index is 14.0. The molecule has 7 heteroatoms. The van der Waals surface area contributed by atoms with E-state index < -0.39 is 23.8 Å². The molecular formula is C27H43N3O4. The van der Waals surface area contributed by atoms with Gasteiger partial charge >= 0.3 is 6.09 Å². The highest BCUT2D eigenvalue weighted by Crippen LogP contribution is 2.36. The topological polar surface area (TPSA) is 87.7 Å². The van der Waals surface area contributed by atoms with Crippen molar-refractivity contribution >= 4 is 17.9 Å². The predicted octanol–water partition coefficient (Wildman–Crippen LogP) is 4.75. The molecule has 2 atom stereocenters. The Labute approximate surface area is 205 Å². The van der Waals surface area contributed by atoms with Crippen molar-refractivity contribution < 1.29 is 19.1 Å². The van der Waals surface area contributed by atoms with E-state index in [9.17, 15) is 14.4 Å². The van der Waals surface area contributed by atoms with Crippen molar-refractivity contribution in [3.8, 4) is 0 Å². The highest BCUT2D eigenvalue weighted by molar-refractivity contribution is 5.92. The summed E-state index contributed by atoms with van der Waals surface area (Å²) in [5.74, 6) is -0.290. The summed E-state index contributed by atoms with van der Waals surface area (Å²) in [7, 11) is 0. The van der Waals surface area contributed by atoms with Crippen LogP contribution in [0.3, 0.4) is 0 Å². The van der Waals surface area contributed by atoms with Crippen LogP contribution in [0, 0.1) is 5.92 Å². The molecule has 190 valence electrons. The molecule has 1 saturated carbocycles. The third kappa shape index (κ3) is 8.33. The van der Waals surface area contributed by atoms with Crippen LogP contribution in [0.1, 0.15) is 91.8 Å². The lowest BCUT2D eigenvalue weighted by molar-refractivity contribution is -0.143. The third-order valence-corrected chi connectivity index (χ3v) is 5.55. The molecule has 0 spiro atoms. The molecule has 0 heterocycles. The minimum atomic E-state index is -0.778. The van der Waals surface area contributed by atoms with Gasteiger partial charge in [-0.1, -0.05) is 45.0 Å². The highest BCUT2D eigenvalue weighted by atomic mass is 16.6. The molecule has 7 nitrogen and oxygen atoms in total. The quantitative estimate of drug-likeness (QED) is 0.514. The zero-order valence-electron chi connectivity index (χ0n) is 22.1. The van der Waals surface area contributed by atoms with Gasteiger partial charge in [-0.3, -0.25) is 9.59 Å². The van der Waals surface area contributed by atoms with Gasteiger partial charge in [0.15, 0.2) is 0 Å². The fourth-order valence-electron chi connectivity index (χ4n) is 3.93. The van der Waals surface area contributed by atoms with Crippen molar-refractivity contribution in [2.75, 3.05) is 0 Å². The second-order valence-electron chi connectivity index (χ2n) is 11.0. The van der Waals surface area contributed by atoms with Crippen LogP contribution in [0.5, 0.6) is 0 Å². The lowest BCUT2D eigenvalue weighted by Crippen LogP contribution is -2.54. The van der Waals surface area contributed by atoms with Gasteiger partial charge in [-0.05, 0) is 77.3 Å². The molecule has 0 saturated heterocycles. The van der Waals surface area contributed by atoms with Crippen molar-refractivity contribution in [3.05, 3.63) is 35.4 Å². The number of carbonyl (C=O) groups is 3. The summed E-state index contributed by atoms with van der Waals surface area (Å²) >= 11 is 0. The van der Waals surface area contributed by atoms with Gasteiger partial charge in [0.05, 0.1) is 0 Å². The Bertz CT molecular complexity index is 838. The Kier molecular flexibility index (Phi) is 9.54. The third-order valence-electron chi connectivity index (χ3n) is 5.55. The Balaban J connectivity index is 2.43. The number of hydrogen-bond donors (Lipinski definition) is 2. The number of benzene rings is 1. The number of alkyl carbamates (subject to hydrolysis) is 1. The average molecular weight is 474 g/mol. The largest absolute Gasteiger partial charge is 0.444 e. The summed E-state index contributed by atoms with van der Waals surface area (Å²) in [6.45, 7) is 15.3. The first kappa shape index (κ1) is 27.7. The molecule has 2 rings (SSSR count). The van der Waals surface area contributed by atoms with Gasteiger partial charge in [0, 0.05) is 12.1 Å². The van der Waals surface area contributed by atoms with Crippen molar-refractivity contribution in [1.82, 2.24) is 15.5 Å². The van der Waals surface area contributed by atoms with Crippen LogP contribution in [0.15, 0.2) is 24.3 Å². The van der Waals surface area contributed by atoms with Gasteiger partial charge in [-0.15, -0.1) is 0 Å². The van der Waals surface area contributed by atoms with Crippen molar-refractivity contribution in [3.63, 3.8) is 0 Å². The Morgan fingerprint density at radius 3 is 2.06 bits per heavy atom. The van der Waals surface area contributed by atoms with Gasteiger partial charge in [-0.2, -0.15) is 0 Å². The summed E-state index contributed by atoms with van der Waals surface area (Å²) in [5.41, 5.74) is 1.27. The van der Waals surface area contributed by atoms with Gasteiger partial charge in [-0.25, -0.2) is 4.79 Å². The van der Waals surface area contributed by atoms with Crippen molar-refractivity contribution in [2.45, 2.75) is 111 Å². The number of hydrogen-bond acceptors (Lipinski definition) is 4. The van der Waals surface area contributed by atoms with Gasteiger partial charge in [0.1, 0.15) is 17.7 Å². The van der Waals surface area contributed by atoms with Crippen LogP contribution in [0.2, 0.25) is 0 Å². The van der Waals surface area contributed by atoms with Crippen molar-refractivity contribution in [1.29, 1.82) is 0 Å². The van der Waals surface area contributed by atoms with E-state index in [4.69, 9.17) is 4.74 Å². The van der Waals surface area contributed by atoms with Crippen LogP contribution in [-0.2, 0) is 20.7 Å². The second-order valence-corrected chi connectivity index (χ2v) is 11.0. The molecule has 0 bridgehead atoms. The molecule has 1 aromatic rings. The molecule has 1 aliphatic rings. The number of nitrogens with one attached hydrogen (secondary N) is 2. The van der Waals surface area contributed by atoms with Crippen LogP contribution >= 0.6 is 0 Å². The van der Waals surface area contributed by atoms with E-state index in [0.29, 0.717) is 6.42 Å². The van der Waals surface area contributed by atoms with Crippen LogP contribution in [-0.4, -0.2) is 46.5 Å². The molecule has 0 radical (unpaired) electrons. The minimum Gasteiger partial charge on any atom is -0.444 e. The highest BCUT2D eigenvalue weighted by Gasteiger charge is 2.44. The normalized spacial score (nSPS) is 15.6. The van der Waals surface area contributed by atoms with E-state index >= 15 is 0 Å². The first-order valence-corrected chi connectivity index (χ1v) is 12.5. The first-order chi connectivity index (χ1) is 15.8. The molecule has 2 unspecified atom stereocenters. The zero-order chi connectivity index (χ0) is 25.6. The van der Waals surface area contributed by atoms with Crippen LogP contribution in [0.4, 0.5) is 4.79 Å². The Morgan fingerprint density at radius 2 is 1.62 bits per heavy atom. The molecule has 1 fully saturated rings. The number of carbonyl (C=O) groups excluding carboxylic acids is 3. The Morgan fingerprint density at radius 1 is 1.03 bits per heavy atom. The standard InChI is InChI=1S/C27H43N3O4/c1-9-19-10-12-20(13-11-19)23(24(31)28-18(4)5)30(21-14-15-21)25(32)22(16-17(2)3)29-26(33)34-27(6,7)8/h10-13,17-18,21-23H,9,14-16H2,1-8H3,(H,28,31)(H,29,33). The van der Waals surface area contributed by atoms with Crippen molar-refractivity contribution in [2.24, 2.45) is 5.92 Å². The van der Waals surface area contributed by atoms with Gasteiger partial charge in [0.25, 0.3) is 0 Å². The molecule has 0 aromatic heterocycles. The molecular weight excluding hydrogens is 430 g/mol. The fraction of sp³-hybridized carbons (Fsp3) is 0.667. The van der Waals surface area contributed by atoms with E-state index in [1.807, 2.05) is 52.0 Å². The SMILES string of the molecule is CCc1ccc(C(C(=O)NC(C)C)N(C(=O)C(CC(C)C)NC(=O)OC(C)(C)C)C2CC2)cc1. The molecule has 0 aliphatic heterocycles. The summed E-state index contributed by atoms with van der Waals surface area (Å²) in [5, 5.41) is 5.78. The monoisotopic (exact) mass is 473 g/mol. The maximum absolute atomic E-state index is 14.0. The number of ether oxygens (including phenoxy) is 1. The van der Waals surface area contributed by atoms with E-state index in [1.54, 1.807) is 25.7 Å². The number of aryl methyl sites for hydroxylation is 1. The minimum absolute atomic E-state index is 0.0311. The van der Waals surface area contributed by atoms with Gasteiger partial charge in [0.2, 0.25) is 11.8 Å². The van der Waals surface area contributed by atoms with E-state index in [1.165, 1.54) is 5.56 Å². The predicted molar refractivity (Wildman–Crippen MR) is 134 cm³/mol. The maximum Gasteiger partial charge on any atom is 0.408 e. The van der Waals surface area contributed by atoms with Crippen LogP contribution in [0.25, 0.3) is 0 Å². The average Bonchev–Trinajstić information content (AvgIpc) is 3.53. The van der Waals surface area contributed by atoms with E-state index in [0.717, 1.165) is 24.8 Å². The lowest BCUT2D eigenvalue weighted by Gasteiger charge is -2.35. The molecule has 1 aliphatic carbocycles. The smallest absolute Gasteiger partial charge is 0.408 e.